The van der Waals surface area contributed by atoms with Crippen molar-refractivity contribution in [2.45, 2.75) is 110 Å². The molecule has 1 aromatic rings. The summed E-state index contributed by atoms with van der Waals surface area (Å²) in [6.07, 6.45) is 0.616. The zero-order valence-electron chi connectivity index (χ0n) is 32.8. The Kier molecular flexibility index (Phi) is 21.1. The van der Waals surface area contributed by atoms with E-state index in [0.717, 1.165) is 6.42 Å². The number of rotatable bonds is 22. The van der Waals surface area contributed by atoms with Gasteiger partial charge in [-0.05, 0) is 42.2 Å². The summed E-state index contributed by atoms with van der Waals surface area (Å²) >= 11 is 0. The molecule has 0 aromatic heterocycles. The molecule has 306 valence electrons. The number of likely N-dealkylation sites (tertiary alicyclic amines) is 1. The van der Waals surface area contributed by atoms with Crippen LogP contribution in [0.25, 0.3) is 10.4 Å². The van der Waals surface area contributed by atoms with Crippen LogP contribution in [0.2, 0.25) is 0 Å². The van der Waals surface area contributed by atoms with Crippen LogP contribution < -0.4 is 15.8 Å². The number of likely N-dealkylation sites (N-methyl/N-ethyl adjacent to an activating group) is 1. The average Bonchev–Trinajstić information content (AvgIpc) is 3.62. The minimum atomic E-state index is -4.09. The van der Waals surface area contributed by atoms with Gasteiger partial charge < -0.3 is 30.3 Å². The third-order valence-corrected chi connectivity index (χ3v) is 11.5. The molecule has 0 aliphatic carbocycles. The smallest absolute Gasteiger partial charge is 0.256 e. The maximum absolute atomic E-state index is 14.0. The third-order valence-electron chi connectivity index (χ3n) is 10.2. The Bertz CT molecular complexity index is 1510. The van der Waals surface area contributed by atoms with Crippen molar-refractivity contribution in [1.29, 1.82) is 0 Å². The Balaban J connectivity index is 0.0000146. The van der Waals surface area contributed by atoms with Crippen LogP contribution in [0.5, 0.6) is 0 Å². The summed E-state index contributed by atoms with van der Waals surface area (Å²) in [5.41, 5.74) is 15.4. The highest BCUT2D eigenvalue weighted by Crippen LogP contribution is 2.29. The van der Waals surface area contributed by atoms with Crippen LogP contribution in [0.4, 0.5) is 0 Å². The lowest BCUT2D eigenvalue weighted by Crippen LogP contribution is -2.56. The monoisotopic (exact) mass is 800 g/mol. The van der Waals surface area contributed by atoms with E-state index in [1.165, 1.54) is 14.2 Å². The second-order valence-electron chi connectivity index (χ2n) is 14.2. The zero-order valence-corrected chi connectivity index (χ0v) is 34.5. The van der Waals surface area contributed by atoms with Gasteiger partial charge in [0, 0.05) is 45.7 Å². The van der Waals surface area contributed by atoms with E-state index in [9.17, 15) is 27.6 Å². The standard InChI is InChI=1S/C36H60N8O8S.ClH/c1-9-24(4)32(43(6)36(48)31(37)23(2)3)29(51-7)22-30(45)44-19-13-17-28(44)33(52-8)25(5)34(46)40-27(21-26-15-11-10-12-16-26)35(47)41-53(49,50)20-14-18-39-42-38;/h10-12,15-16,23-25,27-29,31-33H,9,13-14,17-22,37H2,1-8H3,(H,40,46)(H,41,47);1H/t24-,25+,27-,28-,29-,31-,32-,33+;/m0./s1. The number of hydrogen-bond donors (Lipinski definition) is 3. The molecule has 4 amide bonds. The Morgan fingerprint density at radius 1 is 1.09 bits per heavy atom. The number of benzene rings is 1. The van der Waals surface area contributed by atoms with E-state index < -0.39 is 69.9 Å². The van der Waals surface area contributed by atoms with Gasteiger partial charge in [0.1, 0.15) is 6.04 Å². The van der Waals surface area contributed by atoms with E-state index in [2.05, 4.69) is 15.3 Å². The van der Waals surface area contributed by atoms with Crippen LogP contribution in [-0.2, 0) is 45.1 Å². The highest BCUT2D eigenvalue weighted by molar-refractivity contribution is 7.90. The fourth-order valence-corrected chi connectivity index (χ4v) is 7.89. The van der Waals surface area contributed by atoms with Crippen molar-refractivity contribution in [3.8, 4) is 0 Å². The fraction of sp³-hybridized carbons (Fsp3) is 0.722. The van der Waals surface area contributed by atoms with Crippen LogP contribution in [0.1, 0.15) is 72.3 Å². The second-order valence-corrected chi connectivity index (χ2v) is 16.0. The summed E-state index contributed by atoms with van der Waals surface area (Å²) in [5, 5.41) is 6.05. The number of sulfonamides is 1. The van der Waals surface area contributed by atoms with Gasteiger partial charge in [-0.1, -0.05) is 76.5 Å². The fourth-order valence-electron chi connectivity index (χ4n) is 6.83. The van der Waals surface area contributed by atoms with Gasteiger partial charge in [-0.3, -0.25) is 23.9 Å². The lowest BCUT2D eigenvalue weighted by atomic mass is 9.89. The topological polar surface area (TPSA) is 226 Å². The molecule has 0 spiro atoms. The van der Waals surface area contributed by atoms with E-state index in [4.69, 9.17) is 20.7 Å². The molecule has 1 aromatic carbocycles. The molecule has 1 fully saturated rings. The van der Waals surface area contributed by atoms with Crippen LogP contribution in [0.3, 0.4) is 0 Å². The highest BCUT2D eigenvalue weighted by Gasteiger charge is 2.43. The number of amides is 4. The van der Waals surface area contributed by atoms with Gasteiger partial charge in [-0.15, -0.1) is 12.4 Å². The molecule has 1 heterocycles. The maximum atomic E-state index is 14.0. The molecule has 18 heteroatoms. The largest absolute Gasteiger partial charge is 0.379 e. The molecule has 1 aliphatic rings. The first-order valence-corrected chi connectivity index (χ1v) is 19.9. The van der Waals surface area contributed by atoms with E-state index in [1.54, 1.807) is 54.1 Å². The summed E-state index contributed by atoms with van der Waals surface area (Å²) in [6.45, 7) is 9.82. The molecule has 0 unspecified atom stereocenters. The summed E-state index contributed by atoms with van der Waals surface area (Å²) in [6, 6.07) is 6.01. The Morgan fingerprint density at radius 3 is 2.30 bits per heavy atom. The van der Waals surface area contributed by atoms with E-state index in [-0.39, 0.29) is 61.9 Å². The molecule has 1 aliphatic heterocycles. The predicted octanol–water partition coefficient (Wildman–Crippen LogP) is 3.19. The summed E-state index contributed by atoms with van der Waals surface area (Å²) in [5.74, 6) is -3.26. The SMILES string of the molecule is CC[C@H](C)[C@@H]([C@H](CC(=O)N1CCC[C@H]1[C@H](OC)[C@@H](C)C(=O)N[C@@H](Cc1ccccc1)C(=O)NS(=O)(=O)CCCN=[N+]=[N-])OC)N(C)C(=O)[C@@H](N)C(C)C.Cl. The quantitative estimate of drug-likeness (QED) is 0.0677. The first-order chi connectivity index (χ1) is 25.0. The van der Waals surface area contributed by atoms with Crippen molar-refractivity contribution in [2.75, 3.05) is 40.1 Å². The number of nitrogens with zero attached hydrogens (tertiary/aromatic N) is 5. The van der Waals surface area contributed by atoms with Gasteiger partial charge >= 0.3 is 0 Å². The van der Waals surface area contributed by atoms with E-state index in [1.807, 2.05) is 32.4 Å². The number of ether oxygens (including phenoxy) is 2. The highest BCUT2D eigenvalue weighted by atomic mass is 35.5. The van der Waals surface area contributed by atoms with Crippen molar-refractivity contribution in [3.05, 3.63) is 46.3 Å². The van der Waals surface area contributed by atoms with Gasteiger partial charge in [0.15, 0.2) is 0 Å². The molecule has 8 atom stereocenters. The number of methoxy groups -OCH3 is 2. The van der Waals surface area contributed by atoms with Gasteiger partial charge in [-0.25, -0.2) is 8.42 Å². The summed E-state index contributed by atoms with van der Waals surface area (Å²) in [4.78, 5) is 60.4. The van der Waals surface area contributed by atoms with Crippen molar-refractivity contribution >= 4 is 46.1 Å². The van der Waals surface area contributed by atoms with Gasteiger partial charge in [0.2, 0.25) is 27.7 Å². The molecule has 54 heavy (non-hydrogen) atoms. The van der Waals surface area contributed by atoms with E-state index in [0.29, 0.717) is 24.9 Å². The van der Waals surface area contributed by atoms with Crippen LogP contribution in [0.15, 0.2) is 35.4 Å². The summed E-state index contributed by atoms with van der Waals surface area (Å²) < 4.78 is 39.1. The molecule has 16 nitrogen and oxygen atoms in total. The Hall–Kier alpha value is -3.47. The van der Waals surface area contributed by atoms with Crippen LogP contribution in [0, 0.1) is 17.8 Å². The zero-order chi connectivity index (χ0) is 39.9. The lowest BCUT2D eigenvalue weighted by molar-refractivity contribution is -0.146. The maximum Gasteiger partial charge on any atom is 0.256 e. The number of nitrogens with one attached hydrogen (secondary N) is 2. The van der Waals surface area contributed by atoms with Crippen molar-refractivity contribution in [1.82, 2.24) is 19.8 Å². The van der Waals surface area contributed by atoms with Gasteiger partial charge in [-0.2, -0.15) is 0 Å². The first kappa shape index (κ1) is 48.5. The number of hydrogen-bond acceptors (Lipinski definition) is 10. The third kappa shape index (κ3) is 14.0. The average molecular weight is 801 g/mol. The number of carbonyl (C=O) groups is 4. The molecule has 0 saturated carbocycles. The number of nitrogens with two attached hydrogens (primary N) is 1. The molecule has 2 rings (SSSR count). The lowest BCUT2D eigenvalue weighted by Gasteiger charge is -2.40. The number of carbonyl (C=O) groups excluding carboxylic acids is 4. The number of halogens is 1. The molecular weight excluding hydrogens is 740 g/mol. The molecule has 0 bridgehead atoms. The van der Waals surface area contributed by atoms with Gasteiger partial charge in [0.05, 0.1) is 48.4 Å². The van der Waals surface area contributed by atoms with Crippen molar-refractivity contribution < 1.29 is 37.1 Å². The Morgan fingerprint density at radius 2 is 1.74 bits per heavy atom. The van der Waals surface area contributed by atoms with Crippen molar-refractivity contribution in [2.24, 2.45) is 28.6 Å². The minimum absolute atomic E-state index is 0. The molecule has 0 radical (unpaired) electrons. The van der Waals surface area contributed by atoms with E-state index >= 15 is 0 Å². The summed E-state index contributed by atoms with van der Waals surface area (Å²) in [7, 11) is 0.593. The number of azide groups is 1. The normalized spacial score (nSPS) is 18.2. The molecule has 4 N–H and O–H groups in total. The van der Waals surface area contributed by atoms with Crippen LogP contribution in [-0.4, -0.2) is 118 Å². The molecule has 1 saturated heterocycles. The first-order valence-electron chi connectivity index (χ1n) is 18.3. The van der Waals surface area contributed by atoms with Crippen LogP contribution >= 0.6 is 12.4 Å². The molecular formula is C36H61ClN8O8S. The predicted molar refractivity (Wildman–Crippen MR) is 209 cm³/mol. The van der Waals surface area contributed by atoms with Crippen molar-refractivity contribution in [3.63, 3.8) is 0 Å². The van der Waals surface area contributed by atoms with Gasteiger partial charge in [0.25, 0.3) is 5.91 Å². The minimum Gasteiger partial charge on any atom is -0.379 e. The Labute approximate surface area is 326 Å². The second kappa shape index (κ2) is 23.4.